The van der Waals surface area contributed by atoms with Gasteiger partial charge in [-0.15, -0.1) is 15.3 Å². The maximum Gasteiger partial charge on any atom is 0.191 e. The fraction of sp³-hybridized carbons (Fsp3) is 0.200. The zero-order chi connectivity index (χ0) is 19.5. The third-order valence-corrected chi connectivity index (χ3v) is 5.65. The highest BCUT2D eigenvalue weighted by Crippen LogP contribution is 2.33. The quantitative estimate of drug-likeness (QED) is 0.507. The van der Waals surface area contributed by atoms with E-state index in [9.17, 15) is 5.11 Å². The van der Waals surface area contributed by atoms with Gasteiger partial charge in [0.2, 0.25) is 0 Å². The smallest absolute Gasteiger partial charge is 0.191 e. The van der Waals surface area contributed by atoms with E-state index >= 15 is 0 Å². The van der Waals surface area contributed by atoms with Gasteiger partial charge in [0.25, 0.3) is 0 Å². The number of aromatic nitrogens is 6. The standard InChI is InChI=1S/C20H20N6OS/c1-14(28-20-23-21-13-25(20)2)17-4-3-5-18(10-17)26-22-11-19(24-26)16-8-6-15(12-27)7-9-16/h3-11,13-14,27H,12H2,1-2H3. The average Bonchev–Trinajstić information content (AvgIpc) is 3.38. The van der Waals surface area contributed by atoms with Crippen LogP contribution in [0.15, 0.2) is 66.2 Å². The summed E-state index contributed by atoms with van der Waals surface area (Å²) >= 11 is 1.66. The van der Waals surface area contributed by atoms with Crippen LogP contribution < -0.4 is 0 Å². The minimum absolute atomic E-state index is 0.0320. The second-order valence-electron chi connectivity index (χ2n) is 6.45. The van der Waals surface area contributed by atoms with Crippen molar-refractivity contribution in [1.82, 2.24) is 29.8 Å². The Kier molecular flexibility index (Phi) is 5.23. The van der Waals surface area contributed by atoms with Gasteiger partial charge < -0.3 is 9.67 Å². The average molecular weight is 392 g/mol. The van der Waals surface area contributed by atoms with E-state index in [0.717, 1.165) is 33.2 Å². The first-order chi connectivity index (χ1) is 13.6. The van der Waals surface area contributed by atoms with E-state index in [1.165, 1.54) is 0 Å². The molecule has 0 aliphatic carbocycles. The number of thioether (sulfide) groups is 1. The first-order valence-corrected chi connectivity index (χ1v) is 9.75. The molecule has 1 atom stereocenters. The van der Waals surface area contributed by atoms with E-state index in [2.05, 4.69) is 39.5 Å². The lowest BCUT2D eigenvalue weighted by Crippen LogP contribution is -2.01. The van der Waals surface area contributed by atoms with Crippen molar-refractivity contribution in [3.63, 3.8) is 0 Å². The van der Waals surface area contributed by atoms with Crippen molar-refractivity contribution < 1.29 is 5.11 Å². The molecular weight excluding hydrogens is 372 g/mol. The molecule has 2 heterocycles. The van der Waals surface area contributed by atoms with Gasteiger partial charge in [-0.1, -0.05) is 48.2 Å². The maximum absolute atomic E-state index is 9.18. The molecule has 1 N–H and O–H groups in total. The fourth-order valence-corrected chi connectivity index (χ4v) is 3.71. The van der Waals surface area contributed by atoms with Crippen LogP contribution in [0.3, 0.4) is 0 Å². The molecule has 0 aliphatic heterocycles. The van der Waals surface area contributed by atoms with Crippen LogP contribution in [0.2, 0.25) is 0 Å². The molecule has 0 radical (unpaired) electrons. The van der Waals surface area contributed by atoms with E-state index in [-0.39, 0.29) is 11.9 Å². The third-order valence-electron chi connectivity index (χ3n) is 4.45. The Morgan fingerprint density at radius 1 is 1.14 bits per heavy atom. The second kappa shape index (κ2) is 7.95. The van der Waals surface area contributed by atoms with E-state index < -0.39 is 0 Å². The van der Waals surface area contributed by atoms with Crippen LogP contribution in [0.25, 0.3) is 16.9 Å². The van der Waals surface area contributed by atoms with Gasteiger partial charge in [-0.3, -0.25) is 0 Å². The molecule has 2 aromatic carbocycles. The SMILES string of the molecule is CC(Sc1nncn1C)c1cccc(-n2ncc(-c3ccc(CO)cc3)n2)c1. The van der Waals surface area contributed by atoms with Crippen molar-refractivity contribution in [2.75, 3.05) is 0 Å². The molecule has 4 rings (SSSR count). The highest BCUT2D eigenvalue weighted by molar-refractivity contribution is 7.99. The van der Waals surface area contributed by atoms with Gasteiger partial charge in [0.15, 0.2) is 5.16 Å². The van der Waals surface area contributed by atoms with Gasteiger partial charge in [-0.2, -0.15) is 9.90 Å². The molecule has 4 aromatic rings. The van der Waals surface area contributed by atoms with Crippen LogP contribution in [-0.4, -0.2) is 34.9 Å². The highest BCUT2D eigenvalue weighted by Gasteiger charge is 2.13. The molecule has 7 nitrogen and oxygen atoms in total. The van der Waals surface area contributed by atoms with Gasteiger partial charge in [-0.05, 0) is 30.2 Å². The Morgan fingerprint density at radius 3 is 2.68 bits per heavy atom. The lowest BCUT2D eigenvalue weighted by atomic mass is 10.1. The van der Waals surface area contributed by atoms with Crippen molar-refractivity contribution in [2.24, 2.45) is 7.05 Å². The first-order valence-electron chi connectivity index (χ1n) is 8.87. The van der Waals surface area contributed by atoms with Gasteiger partial charge >= 0.3 is 0 Å². The molecule has 0 saturated heterocycles. The first kappa shape index (κ1) is 18.4. The van der Waals surface area contributed by atoms with Gasteiger partial charge in [-0.25, -0.2) is 0 Å². The van der Waals surface area contributed by atoms with E-state index in [0.29, 0.717) is 0 Å². The predicted molar refractivity (Wildman–Crippen MR) is 108 cm³/mol. The van der Waals surface area contributed by atoms with Crippen LogP contribution in [0.4, 0.5) is 0 Å². The molecule has 1 unspecified atom stereocenters. The topological polar surface area (TPSA) is 81.7 Å². The predicted octanol–water partition coefficient (Wildman–Crippen LogP) is 3.41. The molecule has 0 fully saturated rings. The number of aliphatic hydroxyl groups is 1. The van der Waals surface area contributed by atoms with Crippen molar-refractivity contribution in [3.8, 4) is 16.9 Å². The van der Waals surface area contributed by atoms with Crippen LogP contribution in [0.5, 0.6) is 0 Å². The maximum atomic E-state index is 9.18. The summed E-state index contributed by atoms with van der Waals surface area (Å²) in [4.78, 5) is 1.64. The van der Waals surface area contributed by atoms with Gasteiger partial charge in [0.1, 0.15) is 12.0 Å². The van der Waals surface area contributed by atoms with E-state index in [4.69, 9.17) is 0 Å². The molecular formula is C20H20N6OS. The number of aryl methyl sites for hydroxylation is 1. The van der Waals surface area contributed by atoms with E-state index in [1.54, 1.807) is 29.1 Å². The summed E-state index contributed by atoms with van der Waals surface area (Å²) in [5.41, 5.74) is 4.69. The van der Waals surface area contributed by atoms with Gasteiger partial charge in [0.05, 0.1) is 18.5 Å². The largest absolute Gasteiger partial charge is 0.392 e. The van der Waals surface area contributed by atoms with Crippen LogP contribution >= 0.6 is 11.8 Å². The fourth-order valence-electron chi connectivity index (χ4n) is 2.81. The molecule has 28 heavy (non-hydrogen) atoms. The van der Waals surface area contributed by atoms with Crippen LogP contribution in [0, 0.1) is 0 Å². The van der Waals surface area contributed by atoms with Gasteiger partial charge in [0, 0.05) is 17.9 Å². The molecule has 8 heteroatoms. The van der Waals surface area contributed by atoms with Crippen molar-refractivity contribution >= 4 is 11.8 Å². The zero-order valence-corrected chi connectivity index (χ0v) is 16.4. The second-order valence-corrected chi connectivity index (χ2v) is 7.76. The normalized spacial score (nSPS) is 12.2. The molecule has 0 spiro atoms. The van der Waals surface area contributed by atoms with Crippen molar-refractivity contribution in [3.05, 3.63) is 72.2 Å². The Balaban J connectivity index is 1.56. The molecule has 0 aliphatic rings. The monoisotopic (exact) mass is 392 g/mol. The summed E-state index contributed by atoms with van der Waals surface area (Å²) in [6.07, 6.45) is 3.45. The highest BCUT2D eigenvalue weighted by atomic mass is 32.2. The summed E-state index contributed by atoms with van der Waals surface area (Å²) in [6.45, 7) is 2.17. The molecule has 0 amide bonds. The summed E-state index contributed by atoms with van der Waals surface area (Å²) in [5.74, 6) is 0. The summed E-state index contributed by atoms with van der Waals surface area (Å²) in [7, 11) is 1.94. The molecule has 2 aromatic heterocycles. The number of hydrogen-bond acceptors (Lipinski definition) is 6. The lowest BCUT2D eigenvalue weighted by Gasteiger charge is -2.12. The Bertz CT molecular complexity index is 1070. The van der Waals surface area contributed by atoms with E-state index in [1.807, 2.05) is 48.0 Å². The minimum atomic E-state index is 0.0320. The third kappa shape index (κ3) is 3.83. The number of hydrogen-bond donors (Lipinski definition) is 1. The minimum Gasteiger partial charge on any atom is -0.392 e. The molecule has 0 bridgehead atoms. The number of aliphatic hydroxyl groups excluding tert-OH is 1. The lowest BCUT2D eigenvalue weighted by molar-refractivity contribution is 0.282. The van der Waals surface area contributed by atoms with Crippen LogP contribution in [0.1, 0.15) is 23.3 Å². The Hall–Kier alpha value is -2.97. The number of nitrogens with zero attached hydrogens (tertiary/aromatic N) is 6. The number of rotatable bonds is 6. The zero-order valence-electron chi connectivity index (χ0n) is 15.6. The Labute approximate surface area is 167 Å². The molecule has 0 saturated carbocycles. The summed E-state index contributed by atoms with van der Waals surface area (Å²) in [5, 5.41) is 27.4. The summed E-state index contributed by atoms with van der Waals surface area (Å²) < 4.78 is 1.91. The number of benzene rings is 2. The Morgan fingerprint density at radius 2 is 1.96 bits per heavy atom. The summed E-state index contributed by atoms with van der Waals surface area (Å²) in [6, 6.07) is 15.8. The van der Waals surface area contributed by atoms with Crippen molar-refractivity contribution in [1.29, 1.82) is 0 Å². The molecule has 142 valence electrons. The van der Waals surface area contributed by atoms with Crippen LogP contribution in [-0.2, 0) is 13.7 Å². The van der Waals surface area contributed by atoms with Crippen molar-refractivity contribution in [2.45, 2.75) is 23.9 Å².